The van der Waals surface area contributed by atoms with Gasteiger partial charge >= 0.3 is 0 Å². The Bertz CT molecular complexity index is 1030. The summed E-state index contributed by atoms with van der Waals surface area (Å²) in [5.74, 6) is 1.09. The molecule has 0 amide bonds. The number of aromatic amines is 1. The molecule has 2 heterocycles. The molecule has 3 rings (SSSR count). The molecule has 144 valence electrons. The van der Waals surface area contributed by atoms with Crippen molar-refractivity contribution in [2.75, 3.05) is 26.1 Å². The molecule has 1 aromatic carbocycles. The van der Waals surface area contributed by atoms with Gasteiger partial charge in [-0.25, -0.2) is 8.42 Å². The van der Waals surface area contributed by atoms with Crippen LogP contribution >= 0.6 is 11.3 Å². The summed E-state index contributed by atoms with van der Waals surface area (Å²) in [5, 5.41) is 7.00. The molecule has 27 heavy (non-hydrogen) atoms. The lowest BCUT2D eigenvalue weighted by atomic mass is 10.2. The topological polar surface area (TPSA) is 103 Å². The molecule has 0 saturated heterocycles. The van der Waals surface area contributed by atoms with Gasteiger partial charge in [-0.3, -0.25) is 9.82 Å². The van der Waals surface area contributed by atoms with Crippen LogP contribution in [0.25, 0.3) is 10.6 Å². The Morgan fingerprint density at radius 1 is 1.04 bits per heavy atom. The van der Waals surface area contributed by atoms with E-state index in [-0.39, 0.29) is 4.21 Å². The summed E-state index contributed by atoms with van der Waals surface area (Å²) in [6.07, 6.45) is 0. The molecule has 8 nitrogen and oxygen atoms in total. The fraction of sp³-hybridized carbons (Fsp3) is 0.235. The van der Waals surface area contributed by atoms with Crippen LogP contribution in [0.4, 0.5) is 5.69 Å². The molecule has 0 unspecified atom stereocenters. The number of ether oxygens (including phenoxy) is 3. The Kier molecular flexibility index (Phi) is 5.29. The van der Waals surface area contributed by atoms with Crippen molar-refractivity contribution in [2.24, 2.45) is 0 Å². The van der Waals surface area contributed by atoms with Crippen molar-refractivity contribution >= 4 is 27.0 Å². The predicted octanol–water partition coefficient (Wildman–Crippen LogP) is 3.27. The largest absolute Gasteiger partial charge is 0.493 e. The first kappa shape index (κ1) is 19.1. The highest BCUT2D eigenvalue weighted by molar-refractivity contribution is 7.94. The minimum atomic E-state index is -3.78. The van der Waals surface area contributed by atoms with Crippen LogP contribution in [0.15, 0.2) is 34.5 Å². The molecule has 0 saturated carbocycles. The van der Waals surface area contributed by atoms with Gasteiger partial charge in [0.1, 0.15) is 9.90 Å². The van der Waals surface area contributed by atoms with Crippen LogP contribution in [-0.2, 0) is 10.0 Å². The summed E-state index contributed by atoms with van der Waals surface area (Å²) in [4.78, 5) is 0.754. The zero-order chi connectivity index (χ0) is 19.6. The molecule has 0 spiro atoms. The Hall–Kier alpha value is -2.72. The normalized spacial score (nSPS) is 11.3. The SMILES string of the molecule is COc1cc(NS(=O)(=O)c2ccc(-c3cc(C)[nH]n3)s2)cc(OC)c1OC. The lowest BCUT2D eigenvalue weighted by Gasteiger charge is -2.14. The Balaban J connectivity index is 1.92. The summed E-state index contributed by atoms with van der Waals surface area (Å²) in [7, 11) is 0.626. The van der Waals surface area contributed by atoms with Gasteiger partial charge < -0.3 is 14.2 Å². The maximum absolute atomic E-state index is 12.8. The molecule has 3 aromatic rings. The van der Waals surface area contributed by atoms with Crippen molar-refractivity contribution in [3.05, 3.63) is 36.0 Å². The van der Waals surface area contributed by atoms with Crippen molar-refractivity contribution in [2.45, 2.75) is 11.1 Å². The quantitative estimate of drug-likeness (QED) is 0.621. The maximum Gasteiger partial charge on any atom is 0.271 e. The average molecular weight is 409 g/mol. The lowest BCUT2D eigenvalue weighted by Crippen LogP contribution is -2.11. The van der Waals surface area contributed by atoms with Gasteiger partial charge in [-0.15, -0.1) is 11.3 Å². The number of H-pyrrole nitrogens is 1. The first-order valence-corrected chi connectivity index (χ1v) is 10.1. The van der Waals surface area contributed by atoms with E-state index in [1.54, 1.807) is 12.1 Å². The monoisotopic (exact) mass is 409 g/mol. The van der Waals surface area contributed by atoms with Gasteiger partial charge in [-0.1, -0.05) is 0 Å². The zero-order valence-electron chi connectivity index (χ0n) is 15.2. The second kappa shape index (κ2) is 7.49. The van der Waals surface area contributed by atoms with Gasteiger partial charge in [-0.2, -0.15) is 5.10 Å². The number of sulfonamides is 1. The van der Waals surface area contributed by atoms with E-state index in [9.17, 15) is 8.42 Å². The van der Waals surface area contributed by atoms with Gasteiger partial charge in [0.2, 0.25) is 5.75 Å². The van der Waals surface area contributed by atoms with E-state index in [2.05, 4.69) is 14.9 Å². The standard InChI is InChI=1S/C17H19N3O5S2/c1-10-7-12(19-18-10)15-5-6-16(26-15)27(21,22)20-11-8-13(23-2)17(25-4)14(9-11)24-3/h5-9,20H,1-4H3,(H,18,19). The van der Waals surface area contributed by atoms with Crippen molar-refractivity contribution in [3.63, 3.8) is 0 Å². The third kappa shape index (κ3) is 3.86. The summed E-state index contributed by atoms with van der Waals surface area (Å²) in [5.41, 5.74) is 1.90. The molecule has 0 fully saturated rings. The minimum absolute atomic E-state index is 0.173. The molecule has 0 aliphatic carbocycles. The number of rotatable bonds is 7. The molecular weight excluding hydrogens is 390 g/mol. The van der Waals surface area contributed by atoms with Gasteiger partial charge in [-0.05, 0) is 25.1 Å². The zero-order valence-corrected chi connectivity index (χ0v) is 16.8. The van der Waals surface area contributed by atoms with Crippen molar-refractivity contribution in [3.8, 4) is 27.8 Å². The Labute approximate surface area is 161 Å². The highest BCUT2D eigenvalue weighted by Crippen LogP contribution is 2.40. The van der Waals surface area contributed by atoms with E-state index in [0.29, 0.717) is 28.6 Å². The van der Waals surface area contributed by atoms with Gasteiger partial charge in [0.05, 0.1) is 31.9 Å². The number of methoxy groups -OCH3 is 3. The minimum Gasteiger partial charge on any atom is -0.493 e. The molecule has 0 bridgehead atoms. The van der Waals surface area contributed by atoms with Gasteiger partial charge in [0, 0.05) is 17.8 Å². The van der Waals surface area contributed by atoms with Crippen LogP contribution in [0, 0.1) is 6.92 Å². The van der Waals surface area contributed by atoms with Crippen LogP contribution < -0.4 is 18.9 Å². The van der Waals surface area contributed by atoms with Gasteiger partial charge in [0.25, 0.3) is 10.0 Å². The van der Waals surface area contributed by atoms with Crippen LogP contribution in [0.5, 0.6) is 17.2 Å². The van der Waals surface area contributed by atoms with Crippen LogP contribution in [0.3, 0.4) is 0 Å². The summed E-state index contributed by atoms with van der Waals surface area (Å²) >= 11 is 1.13. The van der Waals surface area contributed by atoms with E-state index in [1.807, 2.05) is 13.0 Å². The van der Waals surface area contributed by atoms with E-state index >= 15 is 0 Å². The van der Waals surface area contributed by atoms with Crippen molar-refractivity contribution < 1.29 is 22.6 Å². The number of benzene rings is 1. The number of nitrogens with one attached hydrogen (secondary N) is 2. The third-order valence-electron chi connectivity index (χ3n) is 3.72. The second-order valence-corrected chi connectivity index (χ2v) is 8.57. The predicted molar refractivity (Wildman–Crippen MR) is 104 cm³/mol. The smallest absolute Gasteiger partial charge is 0.271 e. The summed E-state index contributed by atoms with van der Waals surface area (Å²) in [6, 6.07) is 8.19. The molecule has 2 N–H and O–H groups in total. The number of nitrogens with zero attached hydrogens (tertiary/aromatic N) is 1. The first-order valence-electron chi connectivity index (χ1n) is 7.83. The second-order valence-electron chi connectivity index (χ2n) is 5.57. The van der Waals surface area contributed by atoms with E-state index in [0.717, 1.165) is 21.9 Å². The molecule has 0 aliphatic heterocycles. The fourth-order valence-corrected chi connectivity index (χ4v) is 4.80. The molecular formula is C17H19N3O5S2. The van der Waals surface area contributed by atoms with E-state index < -0.39 is 10.0 Å². The highest BCUT2D eigenvalue weighted by Gasteiger charge is 2.21. The molecule has 0 radical (unpaired) electrons. The number of aryl methyl sites for hydroxylation is 1. The number of thiophene rings is 1. The lowest BCUT2D eigenvalue weighted by molar-refractivity contribution is 0.325. The Morgan fingerprint density at radius 2 is 1.70 bits per heavy atom. The van der Waals surface area contributed by atoms with Crippen LogP contribution in [0.2, 0.25) is 0 Å². The molecule has 10 heteroatoms. The maximum atomic E-state index is 12.8. The summed E-state index contributed by atoms with van der Waals surface area (Å²) in [6.45, 7) is 1.88. The fourth-order valence-electron chi connectivity index (χ4n) is 2.49. The van der Waals surface area contributed by atoms with Crippen molar-refractivity contribution in [1.29, 1.82) is 0 Å². The molecule has 0 aliphatic rings. The number of aromatic nitrogens is 2. The number of hydrogen-bond donors (Lipinski definition) is 2. The van der Waals surface area contributed by atoms with Crippen molar-refractivity contribution in [1.82, 2.24) is 10.2 Å². The van der Waals surface area contributed by atoms with Crippen LogP contribution in [0.1, 0.15) is 5.69 Å². The van der Waals surface area contributed by atoms with Gasteiger partial charge in [0.15, 0.2) is 11.5 Å². The highest BCUT2D eigenvalue weighted by atomic mass is 32.2. The number of anilines is 1. The third-order valence-corrected chi connectivity index (χ3v) is 6.70. The van der Waals surface area contributed by atoms with E-state index in [4.69, 9.17) is 14.2 Å². The average Bonchev–Trinajstić information content (AvgIpc) is 3.29. The van der Waals surface area contributed by atoms with E-state index in [1.165, 1.54) is 33.5 Å². The number of hydrogen-bond acceptors (Lipinski definition) is 7. The first-order chi connectivity index (χ1) is 12.9. The molecule has 2 aromatic heterocycles. The molecule has 0 atom stereocenters. The Morgan fingerprint density at radius 3 is 2.22 bits per heavy atom. The van der Waals surface area contributed by atoms with Crippen LogP contribution in [-0.4, -0.2) is 39.9 Å². The summed E-state index contributed by atoms with van der Waals surface area (Å²) < 4.78 is 44.0.